The van der Waals surface area contributed by atoms with Gasteiger partial charge in [0.1, 0.15) is 24.9 Å². The van der Waals surface area contributed by atoms with Crippen LogP contribution in [0.1, 0.15) is 5.69 Å². The number of hydrogen-bond donors (Lipinski definition) is 0. The molecule has 2 aliphatic heterocycles. The zero-order chi connectivity index (χ0) is 25.6. The van der Waals surface area contributed by atoms with E-state index in [1.54, 1.807) is 38.1 Å². The zero-order valence-electron chi connectivity index (χ0n) is 19.8. The molecular formula is C20H29N5O8P2. The number of hydrogen-bond acceptors (Lipinski definition) is 11. The minimum atomic E-state index is -2.60. The molecule has 0 aliphatic carbocycles. The van der Waals surface area contributed by atoms with Crippen molar-refractivity contribution in [3.63, 3.8) is 0 Å². The van der Waals surface area contributed by atoms with Gasteiger partial charge < -0.3 is 18.5 Å². The molecule has 4 rings (SSSR count). The average molecular weight is 529 g/mol. The summed E-state index contributed by atoms with van der Waals surface area (Å²) in [6.07, 6.45) is 2.88. The van der Waals surface area contributed by atoms with E-state index in [0.717, 1.165) is 0 Å². The van der Waals surface area contributed by atoms with Crippen LogP contribution in [0.2, 0.25) is 0 Å². The molecule has 0 aromatic carbocycles. The van der Waals surface area contributed by atoms with E-state index in [9.17, 15) is 18.7 Å². The molecule has 2 aliphatic rings. The van der Waals surface area contributed by atoms with Crippen molar-refractivity contribution < 1.29 is 27.7 Å². The standard InChI is InChI=1S/C10H14N3O4P.C10H15N2O4P/c1-11-9-3-4-13(10(14)12-9)5-8-6-17-18(2,15)7-16-8;1-8-3-4-12(10(13)11-8)5-9-6-16-17(2,14)7-15-9/h3-4,8H,1,5-7H2,2H3;3-4,9H,5-7H2,1-2H3/t8-,18?;9-,17?/m00/s1. The fourth-order valence-electron chi connectivity index (χ4n) is 3.08. The average Bonchev–Trinajstić information content (AvgIpc) is 2.80. The van der Waals surface area contributed by atoms with Gasteiger partial charge in [0.25, 0.3) is 0 Å². The zero-order valence-corrected chi connectivity index (χ0v) is 21.6. The van der Waals surface area contributed by atoms with Crippen LogP contribution in [-0.2, 0) is 40.7 Å². The van der Waals surface area contributed by atoms with Gasteiger partial charge in [-0.3, -0.25) is 18.3 Å². The highest BCUT2D eigenvalue weighted by molar-refractivity contribution is 7.58. The molecule has 13 nitrogen and oxygen atoms in total. The highest BCUT2D eigenvalue weighted by Gasteiger charge is 2.28. The molecule has 0 bridgehead atoms. The Hall–Kier alpha value is -2.27. The fraction of sp³-hybridized carbons (Fsp3) is 0.550. The van der Waals surface area contributed by atoms with Crippen LogP contribution >= 0.6 is 14.7 Å². The minimum absolute atomic E-state index is 0.0755. The van der Waals surface area contributed by atoms with Crippen LogP contribution in [0.4, 0.5) is 5.82 Å². The molecule has 35 heavy (non-hydrogen) atoms. The van der Waals surface area contributed by atoms with Gasteiger partial charge in [0.2, 0.25) is 14.7 Å². The summed E-state index contributed by atoms with van der Waals surface area (Å²) >= 11 is 0. The SMILES string of the molecule is C=Nc1ccn(C[C@H]2COP(C)(=O)CO2)c(=O)n1.Cc1ccn(C[C@H]2COP(C)(=O)CO2)c(=O)n1. The van der Waals surface area contributed by atoms with Gasteiger partial charge in [0, 0.05) is 31.4 Å². The molecule has 2 aromatic heterocycles. The third-order valence-corrected chi connectivity index (χ3v) is 7.62. The van der Waals surface area contributed by atoms with Crippen LogP contribution in [0.15, 0.2) is 39.1 Å². The number of nitrogens with zero attached hydrogens (tertiary/aromatic N) is 5. The summed E-state index contributed by atoms with van der Waals surface area (Å²) in [5.74, 6) is 0.287. The summed E-state index contributed by atoms with van der Waals surface area (Å²) in [7, 11) is -5.18. The van der Waals surface area contributed by atoms with Gasteiger partial charge >= 0.3 is 11.4 Å². The number of aromatic nitrogens is 4. The summed E-state index contributed by atoms with van der Waals surface area (Å²) in [4.78, 5) is 34.3. The Balaban J connectivity index is 0.000000196. The molecule has 15 heteroatoms. The quantitative estimate of drug-likeness (QED) is 0.413. The van der Waals surface area contributed by atoms with Crippen molar-refractivity contribution in [3.8, 4) is 0 Å². The van der Waals surface area contributed by atoms with Crippen LogP contribution in [0.25, 0.3) is 0 Å². The Morgan fingerprint density at radius 1 is 0.943 bits per heavy atom. The largest absolute Gasteiger partial charge is 0.364 e. The monoisotopic (exact) mass is 529 g/mol. The predicted molar refractivity (Wildman–Crippen MR) is 129 cm³/mol. The smallest absolute Gasteiger partial charge is 0.349 e. The van der Waals surface area contributed by atoms with Gasteiger partial charge in [-0.05, 0) is 25.8 Å². The first-order chi connectivity index (χ1) is 16.5. The Kier molecular flexibility index (Phi) is 9.09. The minimum Gasteiger partial charge on any atom is -0.364 e. The number of aryl methyl sites for hydroxylation is 1. The number of ether oxygens (including phenoxy) is 2. The van der Waals surface area contributed by atoms with Crippen LogP contribution in [0.5, 0.6) is 0 Å². The Morgan fingerprint density at radius 2 is 1.43 bits per heavy atom. The van der Waals surface area contributed by atoms with Crippen molar-refractivity contribution in [1.29, 1.82) is 0 Å². The van der Waals surface area contributed by atoms with E-state index in [-0.39, 0.29) is 49.6 Å². The normalized spacial score (nSPS) is 28.5. The molecule has 2 unspecified atom stereocenters. The topological polar surface area (TPSA) is 153 Å². The summed E-state index contributed by atoms with van der Waals surface area (Å²) in [6, 6.07) is 3.35. The molecule has 0 saturated carbocycles. The molecule has 2 aromatic rings. The van der Waals surface area contributed by atoms with Gasteiger partial charge in [-0.2, -0.15) is 9.97 Å². The maximum atomic E-state index is 11.6. The molecule has 0 spiro atoms. The maximum absolute atomic E-state index is 11.6. The summed E-state index contributed by atoms with van der Waals surface area (Å²) in [5, 5.41) is 0. The van der Waals surface area contributed by atoms with Gasteiger partial charge in [-0.15, -0.1) is 0 Å². The fourth-order valence-corrected chi connectivity index (χ4v) is 5.16. The molecule has 0 amide bonds. The third-order valence-electron chi connectivity index (χ3n) is 4.99. The van der Waals surface area contributed by atoms with Gasteiger partial charge in [-0.1, -0.05) is 0 Å². The van der Waals surface area contributed by atoms with E-state index in [1.807, 2.05) is 0 Å². The number of rotatable bonds is 5. The first-order valence-electron chi connectivity index (χ1n) is 10.7. The molecule has 0 radical (unpaired) electrons. The molecular weight excluding hydrogens is 500 g/mol. The molecule has 0 N–H and O–H groups in total. The van der Waals surface area contributed by atoms with E-state index in [0.29, 0.717) is 18.8 Å². The first-order valence-corrected chi connectivity index (χ1v) is 15.2. The molecule has 4 heterocycles. The Bertz CT molecular complexity index is 1240. The second-order valence-corrected chi connectivity index (χ2v) is 13.4. The Labute approximate surface area is 202 Å². The highest BCUT2D eigenvalue weighted by Crippen LogP contribution is 2.46. The molecule has 192 valence electrons. The second kappa shape index (κ2) is 11.6. The van der Waals surface area contributed by atoms with Crippen molar-refractivity contribution in [2.24, 2.45) is 4.99 Å². The van der Waals surface area contributed by atoms with E-state index < -0.39 is 20.4 Å². The van der Waals surface area contributed by atoms with Crippen LogP contribution in [-0.4, -0.2) is 77.3 Å². The Morgan fingerprint density at radius 3 is 1.83 bits per heavy atom. The van der Waals surface area contributed by atoms with E-state index >= 15 is 0 Å². The third kappa shape index (κ3) is 8.42. The summed E-state index contributed by atoms with van der Waals surface area (Å²) in [6.45, 7) is 9.26. The van der Waals surface area contributed by atoms with E-state index in [1.165, 1.54) is 15.8 Å². The van der Waals surface area contributed by atoms with Gasteiger partial charge in [0.15, 0.2) is 5.82 Å². The van der Waals surface area contributed by atoms with E-state index in [2.05, 4.69) is 21.7 Å². The lowest BCUT2D eigenvalue weighted by Gasteiger charge is -2.27. The van der Waals surface area contributed by atoms with Crippen molar-refractivity contribution in [1.82, 2.24) is 19.1 Å². The summed E-state index contributed by atoms with van der Waals surface area (Å²) in [5.41, 5.74) is -0.0438. The maximum Gasteiger partial charge on any atom is 0.349 e. The highest BCUT2D eigenvalue weighted by atomic mass is 31.2. The van der Waals surface area contributed by atoms with Gasteiger partial charge in [0.05, 0.1) is 26.3 Å². The number of aliphatic imine (C=N–C) groups is 1. The molecule has 2 saturated heterocycles. The van der Waals surface area contributed by atoms with Crippen molar-refractivity contribution in [2.75, 3.05) is 39.2 Å². The van der Waals surface area contributed by atoms with E-state index in [4.69, 9.17) is 18.5 Å². The lowest BCUT2D eigenvalue weighted by Crippen LogP contribution is -2.34. The first kappa shape index (κ1) is 27.3. The van der Waals surface area contributed by atoms with Crippen molar-refractivity contribution in [2.45, 2.75) is 32.2 Å². The van der Waals surface area contributed by atoms with Gasteiger partial charge in [-0.25, -0.2) is 14.6 Å². The molecule has 2 fully saturated rings. The van der Waals surface area contributed by atoms with Crippen molar-refractivity contribution >= 4 is 27.3 Å². The predicted octanol–water partition coefficient (Wildman–Crippen LogP) is 1.69. The molecule has 4 atom stereocenters. The van der Waals surface area contributed by atoms with Crippen molar-refractivity contribution in [3.05, 3.63) is 51.2 Å². The summed E-state index contributed by atoms with van der Waals surface area (Å²) < 4.78 is 47.1. The lowest BCUT2D eigenvalue weighted by atomic mass is 10.3. The second-order valence-electron chi connectivity index (χ2n) is 8.34. The lowest BCUT2D eigenvalue weighted by molar-refractivity contribution is 0.00378. The van der Waals surface area contributed by atoms with Crippen LogP contribution in [0, 0.1) is 6.92 Å². The van der Waals surface area contributed by atoms with Crippen LogP contribution < -0.4 is 11.4 Å². The van der Waals surface area contributed by atoms with Crippen LogP contribution in [0.3, 0.4) is 0 Å².